The molecule has 0 aliphatic carbocycles. The van der Waals surface area contributed by atoms with E-state index in [1.807, 2.05) is 31.2 Å². The van der Waals surface area contributed by atoms with E-state index < -0.39 is 11.7 Å². The normalized spacial score (nSPS) is 10.3. The minimum absolute atomic E-state index is 0.0666. The van der Waals surface area contributed by atoms with Crippen LogP contribution in [0.4, 0.5) is 10.1 Å². The molecule has 0 saturated carbocycles. The number of carbonyl (C=O) groups is 2. The Hall–Kier alpha value is -3.54. The summed E-state index contributed by atoms with van der Waals surface area (Å²) in [6.07, 6.45) is 2.71. The average molecular weight is 363 g/mol. The number of carbonyl (C=O) groups excluding carboxylic acids is 2. The Kier molecular flexibility index (Phi) is 5.56. The van der Waals surface area contributed by atoms with Gasteiger partial charge in [0.25, 0.3) is 11.8 Å². The molecule has 1 heterocycles. The minimum Gasteiger partial charge on any atom is -0.348 e. The topological polar surface area (TPSA) is 71.1 Å². The zero-order chi connectivity index (χ0) is 19.2. The predicted octanol–water partition coefficient (Wildman–Crippen LogP) is 3.71. The molecule has 0 atom stereocenters. The molecule has 0 spiro atoms. The molecule has 3 aromatic rings. The molecule has 0 fully saturated rings. The van der Waals surface area contributed by atoms with E-state index in [9.17, 15) is 14.0 Å². The lowest BCUT2D eigenvalue weighted by atomic mass is 10.1. The van der Waals surface area contributed by atoms with E-state index in [2.05, 4.69) is 15.6 Å². The van der Waals surface area contributed by atoms with Crippen LogP contribution in [0.1, 0.15) is 31.8 Å². The highest BCUT2D eigenvalue weighted by molar-refractivity contribution is 6.05. The number of halogens is 1. The first-order valence-electron chi connectivity index (χ1n) is 8.38. The van der Waals surface area contributed by atoms with Crippen molar-refractivity contribution in [2.24, 2.45) is 0 Å². The Morgan fingerprint density at radius 3 is 2.37 bits per heavy atom. The second-order valence-corrected chi connectivity index (χ2v) is 6.01. The highest BCUT2D eigenvalue weighted by Crippen LogP contribution is 2.14. The quantitative estimate of drug-likeness (QED) is 0.726. The fraction of sp³-hybridized carbons (Fsp3) is 0.0952. The van der Waals surface area contributed by atoms with E-state index in [1.54, 1.807) is 6.07 Å². The van der Waals surface area contributed by atoms with Gasteiger partial charge in [0.15, 0.2) is 0 Å². The van der Waals surface area contributed by atoms with Gasteiger partial charge in [-0.25, -0.2) is 4.39 Å². The van der Waals surface area contributed by atoms with E-state index >= 15 is 0 Å². The number of hydrogen-bond acceptors (Lipinski definition) is 3. The third-order valence-electron chi connectivity index (χ3n) is 4.09. The Morgan fingerprint density at radius 2 is 1.63 bits per heavy atom. The molecular formula is C21H18FN3O2. The van der Waals surface area contributed by atoms with Crippen LogP contribution in [0.25, 0.3) is 0 Å². The molecule has 1 aromatic heterocycles. The standard InChI is InChI=1S/C21H18FN3O2/c1-14-6-2-3-7-15(14)13-24-20(26)16-10-17(12-23-11-16)21(27)25-19-9-5-4-8-18(19)22/h2-12H,13H2,1H3,(H,24,26)(H,25,27). The smallest absolute Gasteiger partial charge is 0.257 e. The minimum atomic E-state index is -0.541. The van der Waals surface area contributed by atoms with Crippen molar-refractivity contribution in [1.29, 1.82) is 0 Å². The number of amides is 2. The van der Waals surface area contributed by atoms with Gasteiger partial charge in [-0.2, -0.15) is 0 Å². The third-order valence-corrected chi connectivity index (χ3v) is 4.09. The maximum atomic E-state index is 13.7. The molecule has 5 nitrogen and oxygen atoms in total. The van der Waals surface area contributed by atoms with E-state index in [0.717, 1.165) is 11.1 Å². The molecule has 27 heavy (non-hydrogen) atoms. The summed E-state index contributed by atoms with van der Waals surface area (Å²) in [5, 5.41) is 5.28. The summed E-state index contributed by atoms with van der Waals surface area (Å²) in [6, 6.07) is 15.0. The van der Waals surface area contributed by atoms with Crippen LogP contribution in [-0.4, -0.2) is 16.8 Å². The first-order chi connectivity index (χ1) is 13.0. The Morgan fingerprint density at radius 1 is 0.963 bits per heavy atom. The SMILES string of the molecule is Cc1ccccc1CNC(=O)c1cncc(C(=O)Nc2ccccc2F)c1. The number of aromatic nitrogens is 1. The van der Waals surface area contributed by atoms with E-state index in [1.165, 1.54) is 36.7 Å². The second kappa shape index (κ2) is 8.23. The van der Waals surface area contributed by atoms with Gasteiger partial charge in [0.2, 0.25) is 0 Å². The lowest BCUT2D eigenvalue weighted by molar-refractivity contribution is 0.0950. The van der Waals surface area contributed by atoms with Crippen molar-refractivity contribution >= 4 is 17.5 Å². The summed E-state index contributed by atoms with van der Waals surface area (Å²) in [5.41, 5.74) is 2.57. The van der Waals surface area contributed by atoms with Crippen LogP contribution in [0.5, 0.6) is 0 Å². The largest absolute Gasteiger partial charge is 0.348 e. The highest BCUT2D eigenvalue weighted by Gasteiger charge is 2.13. The van der Waals surface area contributed by atoms with Gasteiger partial charge in [0.05, 0.1) is 16.8 Å². The Balaban J connectivity index is 1.69. The van der Waals surface area contributed by atoms with Crippen molar-refractivity contribution in [3.05, 3.63) is 95.1 Å². The van der Waals surface area contributed by atoms with Crippen molar-refractivity contribution in [2.75, 3.05) is 5.32 Å². The van der Waals surface area contributed by atoms with E-state index in [4.69, 9.17) is 0 Å². The van der Waals surface area contributed by atoms with Crippen molar-refractivity contribution in [3.63, 3.8) is 0 Å². The summed E-state index contributed by atoms with van der Waals surface area (Å²) < 4.78 is 13.7. The van der Waals surface area contributed by atoms with Gasteiger partial charge in [-0.05, 0) is 36.2 Å². The Labute approximate surface area is 156 Å². The fourth-order valence-corrected chi connectivity index (χ4v) is 2.53. The molecule has 2 N–H and O–H groups in total. The fourth-order valence-electron chi connectivity index (χ4n) is 2.53. The van der Waals surface area contributed by atoms with Crippen LogP contribution in [0, 0.1) is 12.7 Å². The number of aryl methyl sites for hydroxylation is 1. The summed E-state index contributed by atoms with van der Waals surface area (Å²) in [6.45, 7) is 2.34. The van der Waals surface area contributed by atoms with Crippen LogP contribution in [-0.2, 0) is 6.54 Å². The molecule has 6 heteroatoms. The molecule has 0 aliphatic rings. The molecule has 2 amide bonds. The van der Waals surface area contributed by atoms with Gasteiger partial charge in [-0.1, -0.05) is 36.4 Å². The zero-order valence-corrected chi connectivity index (χ0v) is 14.7. The average Bonchev–Trinajstić information content (AvgIpc) is 2.69. The van der Waals surface area contributed by atoms with Gasteiger partial charge in [0.1, 0.15) is 5.82 Å². The number of para-hydroxylation sites is 1. The first-order valence-corrected chi connectivity index (χ1v) is 8.38. The van der Waals surface area contributed by atoms with Crippen molar-refractivity contribution < 1.29 is 14.0 Å². The zero-order valence-electron chi connectivity index (χ0n) is 14.7. The summed E-state index contributed by atoms with van der Waals surface area (Å²) in [5.74, 6) is -1.42. The monoisotopic (exact) mass is 363 g/mol. The third kappa shape index (κ3) is 4.55. The lowest BCUT2D eigenvalue weighted by Crippen LogP contribution is -2.24. The van der Waals surface area contributed by atoms with Gasteiger partial charge in [-0.3, -0.25) is 14.6 Å². The second-order valence-electron chi connectivity index (χ2n) is 6.01. The first kappa shape index (κ1) is 18.3. The molecule has 0 unspecified atom stereocenters. The molecule has 0 aliphatic heterocycles. The summed E-state index contributed by atoms with van der Waals surface area (Å²) >= 11 is 0. The van der Waals surface area contributed by atoms with Gasteiger partial charge in [0, 0.05) is 18.9 Å². The number of nitrogens with zero attached hydrogens (tertiary/aromatic N) is 1. The van der Waals surface area contributed by atoms with Crippen molar-refractivity contribution in [1.82, 2.24) is 10.3 Å². The number of hydrogen-bond donors (Lipinski definition) is 2. The molecule has 2 aromatic carbocycles. The maximum Gasteiger partial charge on any atom is 0.257 e. The molecule has 0 saturated heterocycles. The highest BCUT2D eigenvalue weighted by atomic mass is 19.1. The summed E-state index contributed by atoms with van der Waals surface area (Å²) in [4.78, 5) is 28.6. The molecule has 3 rings (SSSR count). The number of anilines is 1. The maximum absolute atomic E-state index is 13.7. The van der Waals surface area contributed by atoms with E-state index in [0.29, 0.717) is 6.54 Å². The predicted molar refractivity (Wildman–Crippen MR) is 101 cm³/mol. The molecule has 0 radical (unpaired) electrons. The lowest BCUT2D eigenvalue weighted by Gasteiger charge is -2.09. The van der Waals surface area contributed by atoms with Gasteiger partial charge >= 0.3 is 0 Å². The van der Waals surface area contributed by atoms with Crippen LogP contribution in [0.2, 0.25) is 0 Å². The summed E-state index contributed by atoms with van der Waals surface area (Å²) in [7, 11) is 0. The van der Waals surface area contributed by atoms with Crippen LogP contribution in [0.15, 0.2) is 67.0 Å². The van der Waals surface area contributed by atoms with E-state index in [-0.39, 0.29) is 22.7 Å². The molecule has 0 bridgehead atoms. The number of benzene rings is 2. The number of pyridine rings is 1. The van der Waals surface area contributed by atoms with Crippen molar-refractivity contribution in [3.8, 4) is 0 Å². The van der Waals surface area contributed by atoms with Crippen molar-refractivity contribution in [2.45, 2.75) is 13.5 Å². The molecular weight excluding hydrogens is 345 g/mol. The van der Waals surface area contributed by atoms with Gasteiger partial charge in [-0.15, -0.1) is 0 Å². The van der Waals surface area contributed by atoms with Gasteiger partial charge < -0.3 is 10.6 Å². The number of rotatable bonds is 5. The molecule has 136 valence electrons. The van der Waals surface area contributed by atoms with Crippen LogP contribution in [0.3, 0.4) is 0 Å². The number of nitrogens with one attached hydrogen (secondary N) is 2. The van der Waals surface area contributed by atoms with Crippen LogP contribution >= 0.6 is 0 Å². The Bertz CT molecular complexity index is 988. The van der Waals surface area contributed by atoms with Crippen LogP contribution < -0.4 is 10.6 Å².